The van der Waals surface area contributed by atoms with Gasteiger partial charge in [-0.05, 0) is 44.2 Å². The summed E-state index contributed by atoms with van der Waals surface area (Å²) in [7, 11) is 0. The van der Waals surface area contributed by atoms with Gasteiger partial charge in [0, 0.05) is 12.2 Å². The SMILES string of the molecule is CC(C)Nc1ccc(C(F)(F)F)cc1N.Fc1ncccc1C(F)(F)F. The molecule has 0 aliphatic rings. The van der Waals surface area contributed by atoms with E-state index in [0.717, 1.165) is 24.4 Å². The Kier molecular flexibility index (Phi) is 6.82. The fourth-order valence-electron chi connectivity index (χ4n) is 1.78. The predicted octanol–water partition coefficient (Wildman–Crippen LogP) is 5.35. The Morgan fingerprint density at radius 2 is 1.62 bits per heavy atom. The molecule has 0 aliphatic heterocycles. The molecule has 2 rings (SSSR count). The third kappa shape index (κ3) is 6.41. The summed E-state index contributed by atoms with van der Waals surface area (Å²) in [6, 6.07) is 5.10. The van der Waals surface area contributed by atoms with Gasteiger partial charge in [-0.25, -0.2) is 4.98 Å². The first-order valence-electron chi connectivity index (χ1n) is 7.23. The van der Waals surface area contributed by atoms with E-state index in [4.69, 9.17) is 5.73 Å². The molecule has 0 saturated heterocycles. The molecule has 144 valence electrons. The highest BCUT2D eigenvalue weighted by atomic mass is 19.4. The molecular weight excluding hydrogens is 367 g/mol. The van der Waals surface area contributed by atoms with Crippen molar-refractivity contribution < 1.29 is 30.7 Å². The van der Waals surface area contributed by atoms with Crippen LogP contribution in [0, 0.1) is 5.95 Å². The second kappa shape index (κ2) is 8.24. The lowest BCUT2D eigenvalue weighted by molar-refractivity contribution is -0.140. The van der Waals surface area contributed by atoms with Crippen LogP contribution in [-0.4, -0.2) is 11.0 Å². The highest BCUT2D eigenvalue weighted by Gasteiger charge is 2.34. The van der Waals surface area contributed by atoms with Gasteiger partial charge in [0.25, 0.3) is 0 Å². The molecule has 0 radical (unpaired) electrons. The summed E-state index contributed by atoms with van der Waals surface area (Å²) in [5.74, 6) is -1.49. The molecule has 0 bridgehead atoms. The third-order valence-corrected chi connectivity index (χ3v) is 2.89. The standard InChI is InChI=1S/C10H13F3N2.C6H3F4N/c1-6(2)15-9-4-3-7(5-8(9)14)10(11,12)13;7-5-4(6(8,9)10)2-1-3-11-5/h3-6,15H,14H2,1-2H3;1-3H. The van der Waals surface area contributed by atoms with Crippen LogP contribution in [0.2, 0.25) is 0 Å². The molecule has 1 aromatic heterocycles. The van der Waals surface area contributed by atoms with Crippen molar-refractivity contribution in [2.75, 3.05) is 11.1 Å². The highest BCUT2D eigenvalue weighted by molar-refractivity contribution is 5.67. The van der Waals surface area contributed by atoms with Crippen molar-refractivity contribution in [3.63, 3.8) is 0 Å². The lowest BCUT2D eigenvalue weighted by Gasteiger charge is -2.14. The van der Waals surface area contributed by atoms with E-state index in [9.17, 15) is 30.7 Å². The van der Waals surface area contributed by atoms with Gasteiger partial charge in [-0.2, -0.15) is 30.7 Å². The van der Waals surface area contributed by atoms with Crippen molar-refractivity contribution in [1.82, 2.24) is 4.98 Å². The van der Waals surface area contributed by atoms with Crippen LogP contribution in [0.15, 0.2) is 36.5 Å². The number of nitrogens with two attached hydrogens (primary N) is 1. The molecule has 0 spiro atoms. The van der Waals surface area contributed by atoms with Crippen LogP contribution in [0.25, 0.3) is 0 Å². The van der Waals surface area contributed by atoms with Gasteiger partial charge >= 0.3 is 12.4 Å². The molecule has 2 aromatic rings. The first-order valence-corrected chi connectivity index (χ1v) is 7.23. The van der Waals surface area contributed by atoms with Gasteiger partial charge in [-0.3, -0.25) is 0 Å². The first-order chi connectivity index (χ1) is 11.8. The van der Waals surface area contributed by atoms with Crippen LogP contribution in [-0.2, 0) is 12.4 Å². The van der Waals surface area contributed by atoms with Crippen molar-refractivity contribution in [2.45, 2.75) is 32.2 Å². The summed E-state index contributed by atoms with van der Waals surface area (Å²) in [5.41, 5.74) is 4.08. The molecule has 3 N–H and O–H groups in total. The second-order valence-electron chi connectivity index (χ2n) is 5.44. The first kappa shape index (κ1) is 21.5. The Bertz CT molecular complexity index is 725. The lowest BCUT2D eigenvalue weighted by Crippen LogP contribution is -2.12. The lowest BCUT2D eigenvalue weighted by atomic mass is 10.1. The number of nitrogens with one attached hydrogen (secondary N) is 1. The number of rotatable bonds is 2. The summed E-state index contributed by atoms with van der Waals surface area (Å²) in [5, 5.41) is 2.96. The van der Waals surface area contributed by atoms with Crippen LogP contribution in [0.4, 0.5) is 42.1 Å². The van der Waals surface area contributed by atoms with Gasteiger partial charge < -0.3 is 11.1 Å². The topological polar surface area (TPSA) is 50.9 Å². The quantitative estimate of drug-likeness (QED) is 0.418. The average molecular weight is 383 g/mol. The van der Waals surface area contributed by atoms with Gasteiger partial charge in [0.05, 0.1) is 16.9 Å². The average Bonchev–Trinajstić information content (AvgIpc) is 2.48. The van der Waals surface area contributed by atoms with Crippen molar-refractivity contribution in [3.05, 3.63) is 53.6 Å². The smallest absolute Gasteiger partial charge is 0.397 e. The van der Waals surface area contributed by atoms with Crippen LogP contribution in [0.3, 0.4) is 0 Å². The molecule has 0 fully saturated rings. The molecule has 26 heavy (non-hydrogen) atoms. The van der Waals surface area contributed by atoms with Crippen LogP contribution >= 0.6 is 0 Å². The van der Waals surface area contributed by atoms with Crippen molar-refractivity contribution >= 4 is 11.4 Å². The number of hydrogen-bond donors (Lipinski definition) is 2. The Hall–Kier alpha value is -2.52. The molecule has 10 heteroatoms. The van der Waals surface area contributed by atoms with Gasteiger partial charge in [-0.1, -0.05) is 0 Å². The second-order valence-corrected chi connectivity index (χ2v) is 5.44. The number of pyridine rings is 1. The zero-order valence-electron chi connectivity index (χ0n) is 13.7. The van der Waals surface area contributed by atoms with E-state index >= 15 is 0 Å². The summed E-state index contributed by atoms with van der Waals surface area (Å²) >= 11 is 0. The summed E-state index contributed by atoms with van der Waals surface area (Å²) in [4.78, 5) is 2.86. The Balaban J connectivity index is 0.000000273. The molecule has 3 nitrogen and oxygen atoms in total. The summed E-state index contributed by atoms with van der Waals surface area (Å²) in [6.07, 6.45) is -8.03. The monoisotopic (exact) mass is 383 g/mol. The number of hydrogen-bond acceptors (Lipinski definition) is 3. The van der Waals surface area contributed by atoms with E-state index in [1.807, 2.05) is 13.8 Å². The van der Waals surface area contributed by atoms with Crippen molar-refractivity contribution in [3.8, 4) is 0 Å². The fourth-order valence-corrected chi connectivity index (χ4v) is 1.78. The van der Waals surface area contributed by atoms with Gasteiger partial charge in [0.2, 0.25) is 5.95 Å². The van der Waals surface area contributed by atoms with E-state index in [1.54, 1.807) is 0 Å². The molecule has 0 aliphatic carbocycles. The number of aromatic nitrogens is 1. The minimum atomic E-state index is -4.65. The van der Waals surface area contributed by atoms with Crippen LogP contribution in [0.5, 0.6) is 0 Å². The van der Waals surface area contributed by atoms with Gasteiger partial charge in [0.1, 0.15) is 5.56 Å². The van der Waals surface area contributed by atoms with Crippen molar-refractivity contribution in [2.24, 2.45) is 0 Å². The Labute approximate surface area is 145 Å². The maximum atomic E-state index is 12.3. The van der Waals surface area contributed by atoms with E-state index in [2.05, 4.69) is 10.3 Å². The van der Waals surface area contributed by atoms with E-state index in [-0.39, 0.29) is 11.7 Å². The van der Waals surface area contributed by atoms with E-state index in [1.165, 1.54) is 6.07 Å². The zero-order valence-corrected chi connectivity index (χ0v) is 13.7. The van der Waals surface area contributed by atoms with E-state index in [0.29, 0.717) is 11.8 Å². The molecule has 0 unspecified atom stereocenters. The minimum Gasteiger partial charge on any atom is -0.397 e. The van der Waals surface area contributed by atoms with Crippen LogP contribution in [0.1, 0.15) is 25.0 Å². The third-order valence-electron chi connectivity index (χ3n) is 2.89. The Morgan fingerprint density at radius 1 is 1.00 bits per heavy atom. The van der Waals surface area contributed by atoms with Gasteiger partial charge in [-0.15, -0.1) is 0 Å². The maximum absolute atomic E-state index is 12.3. The minimum absolute atomic E-state index is 0.110. The maximum Gasteiger partial charge on any atom is 0.420 e. The number of nitrogens with zero attached hydrogens (tertiary/aromatic N) is 1. The number of alkyl halides is 6. The van der Waals surface area contributed by atoms with Crippen molar-refractivity contribution in [1.29, 1.82) is 0 Å². The fraction of sp³-hybridized carbons (Fsp3) is 0.312. The molecular formula is C16H16F7N3. The predicted molar refractivity (Wildman–Crippen MR) is 83.8 cm³/mol. The highest BCUT2D eigenvalue weighted by Crippen LogP contribution is 2.33. The normalized spacial score (nSPS) is 11.8. The number of nitrogen functional groups attached to an aromatic ring is 1. The Morgan fingerprint density at radius 3 is 2.00 bits per heavy atom. The number of benzene rings is 1. The number of halogens is 7. The largest absolute Gasteiger partial charge is 0.420 e. The molecule has 1 heterocycles. The molecule has 0 saturated carbocycles. The zero-order chi connectivity index (χ0) is 20.1. The van der Waals surface area contributed by atoms with E-state index < -0.39 is 29.4 Å². The van der Waals surface area contributed by atoms with Gasteiger partial charge in [0.15, 0.2) is 0 Å². The number of anilines is 2. The summed E-state index contributed by atoms with van der Waals surface area (Å²) in [6.45, 7) is 3.77. The molecule has 0 atom stereocenters. The molecule has 1 aromatic carbocycles. The summed E-state index contributed by atoms with van der Waals surface area (Å²) < 4.78 is 84.4. The van der Waals surface area contributed by atoms with Crippen LogP contribution < -0.4 is 11.1 Å². The molecule has 0 amide bonds.